The Kier molecular flexibility index (Phi) is 7.06. The van der Waals surface area contributed by atoms with Crippen molar-refractivity contribution in [3.63, 3.8) is 0 Å². The van der Waals surface area contributed by atoms with Gasteiger partial charge in [-0.1, -0.05) is 19.1 Å². The third-order valence-corrected chi connectivity index (χ3v) is 5.74. The number of nitrogens with one attached hydrogen (secondary N) is 2. The molecule has 1 atom stereocenters. The molecular formula is C22H22N4O5S. The van der Waals surface area contributed by atoms with E-state index in [9.17, 15) is 18.0 Å². The summed E-state index contributed by atoms with van der Waals surface area (Å²) in [6, 6.07) is 16.7. The molecule has 0 aliphatic heterocycles. The Morgan fingerprint density at radius 2 is 1.81 bits per heavy atom. The average Bonchev–Trinajstić information content (AvgIpc) is 2.78. The Labute approximate surface area is 185 Å². The molecule has 4 N–H and O–H groups in total. The Morgan fingerprint density at radius 1 is 1.06 bits per heavy atom. The number of carbonyl (C=O) groups is 2. The van der Waals surface area contributed by atoms with Gasteiger partial charge in [0.1, 0.15) is 5.82 Å². The van der Waals surface area contributed by atoms with Crippen LogP contribution in [0.3, 0.4) is 0 Å². The fourth-order valence-electron chi connectivity index (χ4n) is 2.75. The molecule has 0 spiro atoms. The van der Waals surface area contributed by atoms with Gasteiger partial charge in [0.15, 0.2) is 6.10 Å². The number of benzene rings is 2. The summed E-state index contributed by atoms with van der Waals surface area (Å²) in [6.07, 6.45) is 0.693. The number of nitrogens with two attached hydrogens (primary N) is 1. The van der Waals surface area contributed by atoms with Crippen LogP contribution in [0.15, 0.2) is 77.8 Å². The maximum atomic E-state index is 12.5. The lowest BCUT2D eigenvalue weighted by atomic mass is 10.2. The Bertz CT molecular complexity index is 1200. The second-order valence-corrected chi connectivity index (χ2v) is 8.44. The first-order chi connectivity index (χ1) is 15.3. The van der Waals surface area contributed by atoms with Crippen molar-refractivity contribution in [2.75, 3.05) is 15.8 Å². The van der Waals surface area contributed by atoms with Crippen LogP contribution < -0.4 is 15.8 Å². The molecule has 3 aromatic rings. The van der Waals surface area contributed by atoms with E-state index >= 15 is 0 Å². The van der Waals surface area contributed by atoms with E-state index in [4.69, 9.17) is 10.5 Å². The third-order valence-electron chi connectivity index (χ3n) is 4.37. The molecule has 1 unspecified atom stereocenters. The number of carbonyl (C=O) groups excluding carboxylic acids is 2. The predicted molar refractivity (Wildman–Crippen MR) is 120 cm³/mol. The minimum absolute atomic E-state index is 0.00119. The van der Waals surface area contributed by atoms with Gasteiger partial charge in [-0.3, -0.25) is 9.52 Å². The van der Waals surface area contributed by atoms with Gasteiger partial charge in [0.05, 0.1) is 10.5 Å². The van der Waals surface area contributed by atoms with Gasteiger partial charge in [-0.05, 0) is 61.0 Å². The molecule has 2 aromatic carbocycles. The van der Waals surface area contributed by atoms with Crippen LogP contribution in [0.4, 0.5) is 17.2 Å². The molecule has 1 aromatic heterocycles. The number of hydrogen-bond acceptors (Lipinski definition) is 7. The lowest BCUT2D eigenvalue weighted by molar-refractivity contribution is -0.124. The zero-order valence-corrected chi connectivity index (χ0v) is 18.0. The molecule has 0 bridgehead atoms. The zero-order chi connectivity index (χ0) is 23.1. The van der Waals surface area contributed by atoms with Gasteiger partial charge in [-0.15, -0.1) is 0 Å². The molecule has 0 aliphatic carbocycles. The van der Waals surface area contributed by atoms with E-state index in [1.165, 1.54) is 42.6 Å². The van der Waals surface area contributed by atoms with Crippen molar-refractivity contribution < 1.29 is 22.7 Å². The lowest BCUT2D eigenvalue weighted by Crippen LogP contribution is -2.32. The first-order valence-electron chi connectivity index (χ1n) is 9.70. The zero-order valence-electron chi connectivity index (χ0n) is 17.2. The maximum Gasteiger partial charge on any atom is 0.338 e. The number of rotatable bonds is 8. The highest BCUT2D eigenvalue weighted by molar-refractivity contribution is 7.92. The summed E-state index contributed by atoms with van der Waals surface area (Å²) >= 11 is 0. The molecule has 10 heteroatoms. The minimum Gasteiger partial charge on any atom is -0.449 e. The SMILES string of the molecule is CCC(OC(=O)c1cccc(N)c1)C(=O)Nc1ccc(S(=O)(=O)Nc2ccccn2)cc1. The van der Waals surface area contributed by atoms with Gasteiger partial charge in [0.2, 0.25) is 0 Å². The molecule has 0 fully saturated rings. The van der Waals surface area contributed by atoms with E-state index < -0.39 is 28.0 Å². The smallest absolute Gasteiger partial charge is 0.338 e. The first kappa shape index (κ1) is 22.8. The molecule has 1 heterocycles. The molecule has 0 radical (unpaired) electrons. The minimum atomic E-state index is -3.83. The molecule has 166 valence electrons. The van der Waals surface area contributed by atoms with Gasteiger partial charge in [-0.2, -0.15) is 0 Å². The van der Waals surface area contributed by atoms with Gasteiger partial charge >= 0.3 is 5.97 Å². The molecular weight excluding hydrogens is 432 g/mol. The van der Waals surface area contributed by atoms with E-state index in [-0.39, 0.29) is 22.7 Å². The lowest BCUT2D eigenvalue weighted by Gasteiger charge is -2.16. The average molecular weight is 455 g/mol. The molecule has 0 saturated carbocycles. The van der Waals surface area contributed by atoms with Crippen molar-refractivity contribution in [3.05, 3.63) is 78.5 Å². The number of aromatic nitrogens is 1. The molecule has 3 rings (SSSR count). The van der Waals surface area contributed by atoms with Crippen LogP contribution in [0, 0.1) is 0 Å². The summed E-state index contributed by atoms with van der Waals surface area (Å²) in [5.74, 6) is -1.01. The number of esters is 1. The van der Waals surface area contributed by atoms with Crippen molar-refractivity contribution in [1.82, 2.24) is 4.98 Å². The molecule has 0 aliphatic rings. The van der Waals surface area contributed by atoms with Crippen LogP contribution in [0.25, 0.3) is 0 Å². The summed E-state index contributed by atoms with van der Waals surface area (Å²) in [4.78, 5) is 28.8. The van der Waals surface area contributed by atoms with E-state index in [1.54, 1.807) is 37.3 Å². The number of sulfonamides is 1. The fraction of sp³-hybridized carbons (Fsp3) is 0.136. The third kappa shape index (κ3) is 5.82. The van der Waals surface area contributed by atoms with Crippen LogP contribution >= 0.6 is 0 Å². The van der Waals surface area contributed by atoms with Gasteiger partial charge < -0.3 is 15.8 Å². The fourth-order valence-corrected chi connectivity index (χ4v) is 3.75. The van der Waals surface area contributed by atoms with E-state index in [0.29, 0.717) is 11.4 Å². The summed E-state index contributed by atoms with van der Waals surface area (Å²) in [6.45, 7) is 1.70. The number of hydrogen-bond donors (Lipinski definition) is 3. The standard InChI is InChI=1S/C22H22N4O5S/c1-2-19(31-22(28)15-6-5-7-16(23)14-15)21(27)25-17-9-11-18(12-10-17)32(29,30)26-20-8-3-4-13-24-20/h3-14,19H,2,23H2,1H3,(H,24,26)(H,25,27). The molecule has 0 saturated heterocycles. The number of pyridine rings is 1. The van der Waals surface area contributed by atoms with Crippen molar-refractivity contribution in [2.45, 2.75) is 24.3 Å². The highest BCUT2D eigenvalue weighted by atomic mass is 32.2. The van der Waals surface area contributed by atoms with Gasteiger partial charge in [0.25, 0.3) is 15.9 Å². The number of nitrogens with zero attached hydrogens (tertiary/aromatic N) is 1. The van der Waals surface area contributed by atoms with Crippen LogP contribution in [0.1, 0.15) is 23.7 Å². The van der Waals surface area contributed by atoms with Crippen LogP contribution in [0.2, 0.25) is 0 Å². The second kappa shape index (κ2) is 9.92. The summed E-state index contributed by atoms with van der Waals surface area (Å²) < 4.78 is 32.6. The monoisotopic (exact) mass is 454 g/mol. The van der Waals surface area contributed by atoms with E-state index in [0.717, 1.165) is 0 Å². The van der Waals surface area contributed by atoms with E-state index in [2.05, 4.69) is 15.0 Å². The summed E-state index contributed by atoms with van der Waals surface area (Å²) in [5, 5.41) is 2.62. The number of ether oxygens (including phenoxy) is 1. The van der Waals surface area contributed by atoms with Gasteiger partial charge in [-0.25, -0.2) is 18.2 Å². The van der Waals surface area contributed by atoms with Crippen LogP contribution in [-0.4, -0.2) is 31.4 Å². The van der Waals surface area contributed by atoms with Gasteiger partial charge in [0, 0.05) is 17.6 Å². The quantitative estimate of drug-likeness (QED) is 0.351. The van der Waals surface area contributed by atoms with E-state index in [1.807, 2.05) is 0 Å². The highest BCUT2D eigenvalue weighted by Gasteiger charge is 2.22. The topological polar surface area (TPSA) is 140 Å². The normalized spacial score (nSPS) is 11.9. The first-order valence-corrected chi connectivity index (χ1v) is 11.2. The highest BCUT2D eigenvalue weighted by Crippen LogP contribution is 2.18. The Morgan fingerprint density at radius 3 is 2.44 bits per heavy atom. The maximum absolute atomic E-state index is 12.5. The molecule has 9 nitrogen and oxygen atoms in total. The summed E-state index contributed by atoms with van der Waals surface area (Å²) in [5.41, 5.74) is 6.67. The predicted octanol–water partition coefficient (Wildman–Crippen LogP) is 3.04. The summed E-state index contributed by atoms with van der Waals surface area (Å²) in [7, 11) is -3.83. The van der Waals surface area contributed by atoms with Crippen LogP contribution in [-0.2, 0) is 19.6 Å². The molecule has 1 amide bonds. The number of nitrogen functional groups attached to an aromatic ring is 1. The second-order valence-electron chi connectivity index (χ2n) is 6.76. The largest absolute Gasteiger partial charge is 0.449 e. The number of anilines is 3. The van der Waals surface area contributed by atoms with Crippen LogP contribution in [0.5, 0.6) is 0 Å². The Balaban J connectivity index is 1.64. The van der Waals surface area contributed by atoms with Crippen molar-refractivity contribution >= 4 is 39.1 Å². The Hall–Kier alpha value is -3.92. The molecule has 32 heavy (non-hydrogen) atoms. The van der Waals surface area contributed by atoms with Crippen molar-refractivity contribution in [2.24, 2.45) is 0 Å². The van der Waals surface area contributed by atoms with Crippen molar-refractivity contribution in [3.8, 4) is 0 Å². The number of amides is 1. The van der Waals surface area contributed by atoms with Crippen molar-refractivity contribution in [1.29, 1.82) is 0 Å².